The fourth-order valence-corrected chi connectivity index (χ4v) is 3.35. The molecular formula is C16H21NO3S. The van der Waals surface area contributed by atoms with Gasteiger partial charge in [0.25, 0.3) is 5.91 Å². The molecule has 1 amide bonds. The Bertz CT molecular complexity index is 550. The Morgan fingerprint density at radius 1 is 1.52 bits per heavy atom. The maximum Gasteiger partial charge on any atom is 0.263 e. The number of carbonyl (C=O) groups excluding carboxylic acids is 1. The topological polar surface area (TPSA) is 49.8 Å². The molecule has 21 heavy (non-hydrogen) atoms. The van der Waals surface area contributed by atoms with Crippen LogP contribution >= 0.6 is 11.3 Å². The smallest absolute Gasteiger partial charge is 0.263 e. The summed E-state index contributed by atoms with van der Waals surface area (Å²) >= 11 is 1.43. The van der Waals surface area contributed by atoms with Crippen LogP contribution in [0.4, 0.5) is 0 Å². The second-order valence-corrected chi connectivity index (χ2v) is 6.21. The number of aliphatic hydroxyl groups excluding tert-OH is 1. The summed E-state index contributed by atoms with van der Waals surface area (Å²) < 4.78 is 5.34. The molecule has 1 fully saturated rings. The lowest BCUT2D eigenvalue weighted by atomic mass is 10.1. The van der Waals surface area contributed by atoms with E-state index in [2.05, 4.69) is 11.8 Å². The van der Waals surface area contributed by atoms with Crippen molar-refractivity contribution >= 4 is 17.2 Å². The minimum Gasteiger partial charge on any atom is -0.395 e. The third-order valence-electron chi connectivity index (χ3n) is 3.63. The average molecular weight is 307 g/mol. The van der Waals surface area contributed by atoms with Crippen LogP contribution in [0.3, 0.4) is 0 Å². The minimum absolute atomic E-state index is 0.0604. The first-order valence-corrected chi connectivity index (χ1v) is 8.00. The highest BCUT2D eigenvalue weighted by molar-refractivity contribution is 7.14. The van der Waals surface area contributed by atoms with Crippen LogP contribution in [-0.4, -0.2) is 48.8 Å². The Kier molecular flexibility index (Phi) is 5.80. The molecule has 2 heterocycles. The Hall–Kier alpha value is -1.35. The molecular weight excluding hydrogens is 286 g/mol. The summed E-state index contributed by atoms with van der Waals surface area (Å²) in [6.45, 7) is 3.48. The molecule has 0 bridgehead atoms. The van der Waals surface area contributed by atoms with Crippen molar-refractivity contribution in [3.05, 3.63) is 21.4 Å². The first-order chi connectivity index (χ1) is 10.1. The number of carbonyl (C=O) groups is 1. The standard InChI is InChI=1S/C16H21NO3S/c1-12-11-15(21-14(12)5-3-4-8-18)16(19)17(2)13-6-9-20-10-7-13/h11,13,18H,4,6-10H2,1-2H3. The predicted molar refractivity (Wildman–Crippen MR) is 83.6 cm³/mol. The van der Waals surface area contributed by atoms with Gasteiger partial charge in [0, 0.05) is 32.7 Å². The van der Waals surface area contributed by atoms with Crippen LogP contribution in [0.5, 0.6) is 0 Å². The number of rotatable bonds is 3. The molecule has 1 aromatic heterocycles. The molecule has 1 aromatic rings. The molecule has 0 atom stereocenters. The maximum atomic E-state index is 12.5. The van der Waals surface area contributed by atoms with Crippen LogP contribution in [-0.2, 0) is 4.74 Å². The Morgan fingerprint density at radius 2 is 2.24 bits per heavy atom. The van der Waals surface area contributed by atoms with Gasteiger partial charge in [0.05, 0.1) is 16.4 Å². The van der Waals surface area contributed by atoms with Crippen molar-refractivity contribution in [3.8, 4) is 11.8 Å². The second-order valence-electron chi connectivity index (χ2n) is 5.16. The van der Waals surface area contributed by atoms with E-state index in [9.17, 15) is 4.79 Å². The normalized spacial score (nSPS) is 15.4. The number of aryl methyl sites for hydroxylation is 1. The number of hydrogen-bond donors (Lipinski definition) is 1. The van der Waals surface area contributed by atoms with E-state index >= 15 is 0 Å². The van der Waals surface area contributed by atoms with Crippen LogP contribution in [0.25, 0.3) is 0 Å². The van der Waals surface area contributed by atoms with E-state index in [4.69, 9.17) is 9.84 Å². The highest BCUT2D eigenvalue weighted by Gasteiger charge is 2.24. The summed E-state index contributed by atoms with van der Waals surface area (Å²) in [4.78, 5) is 16.0. The van der Waals surface area contributed by atoms with E-state index < -0.39 is 0 Å². The fourth-order valence-electron chi connectivity index (χ4n) is 2.32. The summed E-state index contributed by atoms with van der Waals surface area (Å²) in [5, 5.41) is 8.75. The molecule has 1 aliphatic heterocycles. The molecule has 0 aliphatic carbocycles. The van der Waals surface area contributed by atoms with Gasteiger partial charge >= 0.3 is 0 Å². The highest BCUT2D eigenvalue weighted by atomic mass is 32.1. The lowest BCUT2D eigenvalue weighted by molar-refractivity contribution is 0.0365. The molecule has 0 aromatic carbocycles. The molecule has 4 nitrogen and oxygen atoms in total. The van der Waals surface area contributed by atoms with Crippen molar-refractivity contribution in [1.82, 2.24) is 4.90 Å². The Morgan fingerprint density at radius 3 is 2.90 bits per heavy atom. The molecule has 0 saturated carbocycles. The molecule has 114 valence electrons. The first kappa shape index (κ1) is 16.0. The number of aliphatic hydroxyl groups is 1. The van der Waals surface area contributed by atoms with Crippen LogP contribution in [0.2, 0.25) is 0 Å². The lowest BCUT2D eigenvalue weighted by Gasteiger charge is -2.30. The van der Waals surface area contributed by atoms with Gasteiger partial charge in [-0.2, -0.15) is 0 Å². The number of ether oxygens (including phenoxy) is 1. The van der Waals surface area contributed by atoms with Gasteiger partial charge in [-0.3, -0.25) is 4.79 Å². The van der Waals surface area contributed by atoms with Crippen molar-refractivity contribution in [2.24, 2.45) is 0 Å². The van der Waals surface area contributed by atoms with Crippen molar-refractivity contribution in [2.75, 3.05) is 26.9 Å². The van der Waals surface area contributed by atoms with Crippen LogP contribution < -0.4 is 0 Å². The quantitative estimate of drug-likeness (QED) is 0.870. The second kappa shape index (κ2) is 7.60. The van der Waals surface area contributed by atoms with Crippen molar-refractivity contribution in [3.63, 3.8) is 0 Å². The van der Waals surface area contributed by atoms with E-state index in [1.807, 2.05) is 24.9 Å². The summed E-state index contributed by atoms with van der Waals surface area (Å²) in [7, 11) is 1.87. The van der Waals surface area contributed by atoms with E-state index in [1.54, 1.807) is 0 Å². The zero-order chi connectivity index (χ0) is 15.2. The SMILES string of the molecule is Cc1cc(C(=O)N(C)C2CCOCC2)sc1C#CCCO. The average Bonchev–Trinajstić information content (AvgIpc) is 2.88. The van der Waals surface area contributed by atoms with Gasteiger partial charge in [-0.05, 0) is 31.4 Å². The van der Waals surface area contributed by atoms with E-state index in [1.165, 1.54) is 11.3 Å². The molecule has 5 heteroatoms. The lowest BCUT2D eigenvalue weighted by Crippen LogP contribution is -2.40. The Balaban J connectivity index is 2.09. The fraction of sp³-hybridized carbons (Fsp3) is 0.562. The van der Waals surface area contributed by atoms with Crippen LogP contribution in [0.1, 0.15) is 39.4 Å². The Labute approximate surface area is 129 Å². The van der Waals surface area contributed by atoms with Crippen molar-refractivity contribution in [1.29, 1.82) is 0 Å². The monoisotopic (exact) mass is 307 g/mol. The molecule has 1 aliphatic rings. The predicted octanol–water partition coefficient (Wildman–Crippen LogP) is 2.04. The summed E-state index contributed by atoms with van der Waals surface area (Å²) in [6, 6.07) is 2.17. The molecule has 2 rings (SSSR count). The maximum absolute atomic E-state index is 12.5. The molecule has 0 spiro atoms. The molecule has 0 unspecified atom stereocenters. The zero-order valence-electron chi connectivity index (χ0n) is 12.5. The third-order valence-corrected chi connectivity index (χ3v) is 4.77. The summed E-state index contributed by atoms with van der Waals surface area (Å²) in [5.41, 5.74) is 1.02. The van der Waals surface area contributed by atoms with E-state index in [0.717, 1.165) is 41.4 Å². The van der Waals surface area contributed by atoms with E-state index in [0.29, 0.717) is 6.42 Å². The highest BCUT2D eigenvalue weighted by Crippen LogP contribution is 2.24. The number of nitrogens with zero attached hydrogens (tertiary/aromatic N) is 1. The molecule has 1 N–H and O–H groups in total. The zero-order valence-corrected chi connectivity index (χ0v) is 13.3. The van der Waals surface area contributed by atoms with Crippen molar-refractivity contribution in [2.45, 2.75) is 32.2 Å². The van der Waals surface area contributed by atoms with Gasteiger partial charge in [0.15, 0.2) is 0 Å². The number of thiophene rings is 1. The van der Waals surface area contributed by atoms with Crippen molar-refractivity contribution < 1.29 is 14.6 Å². The van der Waals surface area contributed by atoms with Gasteiger partial charge in [-0.15, -0.1) is 11.3 Å². The summed E-state index contributed by atoms with van der Waals surface area (Å²) in [5.74, 6) is 5.99. The number of hydrogen-bond acceptors (Lipinski definition) is 4. The van der Waals surface area contributed by atoms with Crippen LogP contribution in [0.15, 0.2) is 6.07 Å². The van der Waals surface area contributed by atoms with E-state index in [-0.39, 0.29) is 18.6 Å². The van der Waals surface area contributed by atoms with Gasteiger partial charge in [-0.1, -0.05) is 11.8 Å². The van der Waals surface area contributed by atoms with Crippen LogP contribution in [0, 0.1) is 18.8 Å². The van der Waals surface area contributed by atoms with Gasteiger partial charge in [0.2, 0.25) is 0 Å². The first-order valence-electron chi connectivity index (χ1n) is 7.18. The van der Waals surface area contributed by atoms with Gasteiger partial charge in [-0.25, -0.2) is 0 Å². The third kappa shape index (κ3) is 4.07. The largest absolute Gasteiger partial charge is 0.395 e. The van der Waals surface area contributed by atoms with Gasteiger partial charge < -0.3 is 14.7 Å². The summed E-state index contributed by atoms with van der Waals surface area (Å²) in [6.07, 6.45) is 2.26. The minimum atomic E-state index is 0.0604. The molecule has 0 radical (unpaired) electrons. The number of amides is 1. The van der Waals surface area contributed by atoms with Gasteiger partial charge in [0.1, 0.15) is 0 Å². The molecule has 1 saturated heterocycles.